The fourth-order valence-electron chi connectivity index (χ4n) is 2.01. The number of hydrogen-bond donors (Lipinski definition) is 3. The Morgan fingerprint density at radius 1 is 1.19 bits per heavy atom. The molecule has 0 heterocycles. The normalized spacial score (nSPS) is 11.2. The summed E-state index contributed by atoms with van der Waals surface area (Å²) in [5, 5.41) is 14.7. The lowest BCUT2D eigenvalue weighted by molar-refractivity contribution is 0.259. The summed E-state index contributed by atoms with van der Waals surface area (Å²) in [5.74, 6) is 0. The molecule has 2 amide bonds. The fraction of sp³-hybridized carbons (Fsp3) is 0.125. The largest absolute Gasteiger partial charge is 0.378 e. The average molecular weight is 280 g/mol. The summed E-state index contributed by atoms with van der Waals surface area (Å²) < 4.78 is 0. The number of carbonyl (C=O) groups is 1. The third kappa shape index (κ3) is 3.98. The Bertz CT molecular complexity index is 673. The first-order chi connectivity index (χ1) is 10.1. The SMILES string of the molecule is CC(Nc1cccc(C#N)c1)c1ccc(NC(N)=O)cc1. The second kappa shape index (κ2) is 6.44. The molecule has 1 atom stereocenters. The molecular formula is C16H16N4O. The van der Waals surface area contributed by atoms with E-state index < -0.39 is 6.03 Å². The number of carbonyl (C=O) groups excluding carboxylic acids is 1. The number of amides is 2. The van der Waals surface area contributed by atoms with Gasteiger partial charge in [0, 0.05) is 17.4 Å². The van der Waals surface area contributed by atoms with Gasteiger partial charge < -0.3 is 16.4 Å². The van der Waals surface area contributed by atoms with Crippen molar-refractivity contribution >= 4 is 17.4 Å². The van der Waals surface area contributed by atoms with Crippen LogP contribution in [0, 0.1) is 11.3 Å². The number of nitrogens with zero attached hydrogens (tertiary/aromatic N) is 1. The van der Waals surface area contributed by atoms with Crippen LogP contribution in [0.15, 0.2) is 48.5 Å². The number of urea groups is 1. The van der Waals surface area contributed by atoms with Crippen molar-refractivity contribution in [3.05, 3.63) is 59.7 Å². The monoisotopic (exact) mass is 280 g/mol. The van der Waals surface area contributed by atoms with Gasteiger partial charge in [0.1, 0.15) is 0 Å². The van der Waals surface area contributed by atoms with E-state index >= 15 is 0 Å². The smallest absolute Gasteiger partial charge is 0.316 e. The Hall–Kier alpha value is -3.00. The maximum absolute atomic E-state index is 10.8. The molecule has 0 aromatic heterocycles. The summed E-state index contributed by atoms with van der Waals surface area (Å²) in [6.45, 7) is 2.02. The van der Waals surface area contributed by atoms with Crippen LogP contribution in [0.25, 0.3) is 0 Å². The van der Waals surface area contributed by atoms with Crippen molar-refractivity contribution in [2.45, 2.75) is 13.0 Å². The van der Waals surface area contributed by atoms with Gasteiger partial charge in [-0.15, -0.1) is 0 Å². The topological polar surface area (TPSA) is 90.9 Å². The highest BCUT2D eigenvalue weighted by Crippen LogP contribution is 2.21. The van der Waals surface area contributed by atoms with E-state index in [1.807, 2.05) is 31.2 Å². The van der Waals surface area contributed by atoms with Crippen LogP contribution < -0.4 is 16.4 Å². The summed E-state index contributed by atoms with van der Waals surface area (Å²) in [6, 6.07) is 16.3. The molecular weight excluding hydrogens is 264 g/mol. The molecule has 0 fully saturated rings. The Balaban J connectivity index is 2.07. The van der Waals surface area contributed by atoms with Crippen molar-refractivity contribution in [3.63, 3.8) is 0 Å². The molecule has 4 N–H and O–H groups in total. The second-order valence-electron chi connectivity index (χ2n) is 4.67. The van der Waals surface area contributed by atoms with Crippen LogP contribution in [0.1, 0.15) is 24.1 Å². The maximum Gasteiger partial charge on any atom is 0.316 e. The minimum atomic E-state index is -0.581. The van der Waals surface area contributed by atoms with Crippen molar-refractivity contribution in [3.8, 4) is 6.07 Å². The predicted molar refractivity (Wildman–Crippen MR) is 82.8 cm³/mol. The second-order valence-corrected chi connectivity index (χ2v) is 4.67. The van der Waals surface area contributed by atoms with Crippen LogP contribution in [0.4, 0.5) is 16.2 Å². The summed E-state index contributed by atoms with van der Waals surface area (Å²) in [6.07, 6.45) is 0. The van der Waals surface area contributed by atoms with Crippen molar-refractivity contribution < 1.29 is 4.79 Å². The molecule has 106 valence electrons. The van der Waals surface area contributed by atoms with Gasteiger partial charge in [-0.3, -0.25) is 0 Å². The zero-order chi connectivity index (χ0) is 15.2. The molecule has 0 bridgehead atoms. The molecule has 0 saturated heterocycles. The Morgan fingerprint density at radius 3 is 2.52 bits per heavy atom. The molecule has 2 aromatic rings. The quantitative estimate of drug-likeness (QED) is 0.803. The summed E-state index contributed by atoms with van der Waals surface area (Å²) in [5.41, 5.74) is 8.29. The lowest BCUT2D eigenvalue weighted by Gasteiger charge is -2.16. The number of hydrogen-bond acceptors (Lipinski definition) is 3. The Labute approximate surface area is 123 Å². The minimum absolute atomic E-state index is 0.0709. The summed E-state index contributed by atoms with van der Waals surface area (Å²) in [7, 11) is 0. The number of nitrogens with one attached hydrogen (secondary N) is 2. The van der Waals surface area contributed by atoms with E-state index in [1.54, 1.807) is 24.3 Å². The predicted octanol–water partition coefficient (Wildman–Crippen LogP) is 3.22. The van der Waals surface area contributed by atoms with E-state index in [0.717, 1.165) is 11.3 Å². The first-order valence-corrected chi connectivity index (χ1v) is 6.51. The maximum atomic E-state index is 10.8. The minimum Gasteiger partial charge on any atom is -0.378 e. The van der Waals surface area contributed by atoms with Gasteiger partial charge in [0.2, 0.25) is 0 Å². The lowest BCUT2D eigenvalue weighted by atomic mass is 10.1. The van der Waals surface area contributed by atoms with Crippen LogP contribution in [-0.2, 0) is 0 Å². The van der Waals surface area contributed by atoms with E-state index in [2.05, 4.69) is 16.7 Å². The van der Waals surface area contributed by atoms with Crippen molar-refractivity contribution in [1.82, 2.24) is 0 Å². The molecule has 1 unspecified atom stereocenters. The number of anilines is 2. The third-order valence-corrected chi connectivity index (χ3v) is 3.05. The zero-order valence-corrected chi connectivity index (χ0v) is 11.6. The van der Waals surface area contributed by atoms with Gasteiger partial charge in [0.05, 0.1) is 11.6 Å². The molecule has 2 rings (SSSR count). The third-order valence-electron chi connectivity index (χ3n) is 3.05. The first kappa shape index (κ1) is 14.4. The number of nitriles is 1. The standard InChI is InChI=1S/C16H16N4O/c1-11(19-15-4-2-3-12(9-15)10-17)13-5-7-14(8-6-13)20-16(18)21/h2-9,11,19H,1H3,(H3,18,20,21). The van der Waals surface area contributed by atoms with Gasteiger partial charge >= 0.3 is 6.03 Å². The molecule has 5 nitrogen and oxygen atoms in total. The average Bonchev–Trinajstić information content (AvgIpc) is 2.47. The van der Waals surface area contributed by atoms with Gasteiger partial charge in [-0.05, 0) is 42.8 Å². The van der Waals surface area contributed by atoms with Crippen LogP contribution in [0.5, 0.6) is 0 Å². The highest BCUT2D eigenvalue weighted by atomic mass is 16.2. The molecule has 2 aromatic carbocycles. The molecule has 0 spiro atoms. The van der Waals surface area contributed by atoms with Crippen molar-refractivity contribution in [1.29, 1.82) is 5.26 Å². The molecule has 21 heavy (non-hydrogen) atoms. The van der Waals surface area contributed by atoms with Crippen molar-refractivity contribution in [2.75, 3.05) is 10.6 Å². The number of nitrogens with two attached hydrogens (primary N) is 1. The molecule has 0 radical (unpaired) electrons. The van der Waals surface area contributed by atoms with Crippen LogP contribution >= 0.6 is 0 Å². The number of benzene rings is 2. The molecule has 0 aliphatic heterocycles. The number of rotatable bonds is 4. The molecule has 0 aliphatic rings. The Morgan fingerprint density at radius 2 is 1.90 bits per heavy atom. The van der Waals surface area contributed by atoms with E-state index in [-0.39, 0.29) is 6.04 Å². The lowest BCUT2D eigenvalue weighted by Crippen LogP contribution is -2.19. The van der Waals surface area contributed by atoms with Crippen molar-refractivity contribution in [2.24, 2.45) is 5.73 Å². The van der Waals surface area contributed by atoms with Gasteiger partial charge in [0.25, 0.3) is 0 Å². The fourth-order valence-corrected chi connectivity index (χ4v) is 2.01. The van der Waals surface area contributed by atoms with Crippen LogP contribution in [0.2, 0.25) is 0 Å². The molecule has 5 heteroatoms. The van der Waals surface area contributed by atoms with Gasteiger partial charge in [-0.1, -0.05) is 18.2 Å². The first-order valence-electron chi connectivity index (χ1n) is 6.51. The van der Waals surface area contributed by atoms with Gasteiger partial charge in [-0.2, -0.15) is 5.26 Å². The van der Waals surface area contributed by atoms with Crippen LogP contribution in [0.3, 0.4) is 0 Å². The highest BCUT2D eigenvalue weighted by molar-refractivity contribution is 5.87. The molecule has 0 aliphatic carbocycles. The zero-order valence-electron chi connectivity index (χ0n) is 11.6. The summed E-state index contributed by atoms with van der Waals surface area (Å²) >= 11 is 0. The van der Waals surface area contributed by atoms with E-state index in [0.29, 0.717) is 11.3 Å². The molecule has 0 saturated carbocycles. The van der Waals surface area contributed by atoms with E-state index in [4.69, 9.17) is 11.0 Å². The highest BCUT2D eigenvalue weighted by Gasteiger charge is 2.06. The van der Waals surface area contributed by atoms with E-state index in [1.165, 1.54) is 0 Å². The van der Waals surface area contributed by atoms with E-state index in [9.17, 15) is 4.79 Å². The van der Waals surface area contributed by atoms with Gasteiger partial charge in [-0.25, -0.2) is 4.79 Å². The van der Waals surface area contributed by atoms with Crippen LogP contribution in [-0.4, -0.2) is 6.03 Å². The Kier molecular flexibility index (Phi) is 4.42. The number of primary amides is 1. The summed E-state index contributed by atoms with van der Waals surface area (Å²) in [4.78, 5) is 10.8. The van der Waals surface area contributed by atoms with Gasteiger partial charge in [0.15, 0.2) is 0 Å².